The van der Waals surface area contributed by atoms with Gasteiger partial charge in [-0.3, -0.25) is 4.79 Å². The molecule has 1 atom stereocenters. The number of halogens is 4. The van der Waals surface area contributed by atoms with Crippen LogP contribution in [0.25, 0.3) is 0 Å². The summed E-state index contributed by atoms with van der Waals surface area (Å²) in [4.78, 5) is 12.2. The zero-order valence-electron chi connectivity index (χ0n) is 13.7. The number of ether oxygens (including phenoxy) is 1. The van der Waals surface area contributed by atoms with Crippen LogP contribution in [0.1, 0.15) is 25.0 Å². The molecule has 2 rings (SSSR count). The number of anilines is 1. The lowest BCUT2D eigenvalue weighted by atomic mass is 10.1. The summed E-state index contributed by atoms with van der Waals surface area (Å²) >= 11 is 5.63. The fraction of sp³-hybridized carbons (Fsp3) is 0.278. The van der Waals surface area contributed by atoms with Crippen LogP contribution >= 0.6 is 11.6 Å². The van der Waals surface area contributed by atoms with Gasteiger partial charge in [-0.25, -0.2) is 0 Å². The molecule has 25 heavy (non-hydrogen) atoms. The first-order chi connectivity index (χ1) is 11.7. The second kappa shape index (κ2) is 7.78. The molecule has 0 aliphatic rings. The van der Waals surface area contributed by atoms with Crippen LogP contribution in [-0.2, 0) is 17.4 Å². The highest BCUT2D eigenvalue weighted by atomic mass is 35.5. The van der Waals surface area contributed by atoms with Gasteiger partial charge < -0.3 is 10.1 Å². The Kier molecular flexibility index (Phi) is 5.95. The molecule has 0 heterocycles. The minimum absolute atomic E-state index is 0.0634. The van der Waals surface area contributed by atoms with E-state index < -0.39 is 23.8 Å². The van der Waals surface area contributed by atoms with Gasteiger partial charge in [0.15, 0.2) is 6.10 Å². The number of nitrogens with one attached hydrogen (secondary N) is 1. The van der Waals surface area contributed by atoms with Crippen molar-refractivity contribution in [2.75, 3.05) is 5.32 Å². The first-order valence-electron chi connectivity index (χ1n) is 7.64. The van der Waals surface area contributed by atoms with Crippen molar-refractivity contribution in [2.24, 2.45) is 0 Å². The Morgan fingerprint density at radius 3 is 2.56 bits per heavy atom. The third kappa shape index (κ3) is 4.89. The van der Waals surface area contributed by atoms with Crippen LogP contribution in [0, 0.1) is 0 Å². The number of amides is 1. The molecule has 1 amide bonds. The summed E-state index contributed by atoms with van der Waals surface area (Å²) in [6, 6.07) is 10.4. The minimum atomic E-state index is -4.63. The summed E-state index contributed by atoms with van der Waals surface area (Å²) in [5.41, 5.74) is -0.458. The Balaban J connectivity index is 2.17. The van der Waals surface area contributed by atoms with Crippen molar-refractivity contribution in [3.8, 4) is 5.75 Å². The molecule has 0 fully saturated rings. The van der Waals surface area contributed by atoms with E-state index in [2.05, 4.69) is 5.32 Å². The maximum absolute atomic E-state index is 13.1. The van der Waals surface area contributed by atoms with Crippen LogP contribution in [0.2, 0.25) is 5.02 Å². The second-order valence-electron chi connectivity index (χ2n) is 5.40. The highest BCUT2D eigenvalue weighted by Crippen LogP contribution is 2.36. The van der Waals surface area contributed by atoms with Crippen LogP contribution in [0.3, 0.4) is 0 Å². The molecule has 0 unspecified atom stereocenters. The Bertz CT molecular complexity index is 762. The molecule has 0 spiro atoms. The first-order valence-corrected chi connectivity index (χ1v) is 8.02. The van der Waals surface area contributed by atoms with Gasteiger partial charge in [-0.1, -0.05) is 36.7 Å². The molecule has 7 heteroatoms. The quantitative estimate of drug-likeness (QED) is 0.771. The monoisotopic (exact) mass is 371 g/mol. The predicted molar refractivity (Wildman–Crippen MR) is 91.0 cm³/mol. The van der Waals surface area contributed by atoms with E-state index in [0.717, 1.165) is 17.7 Å². The molecule has 0 aliphatic carbocycles. The predicted octanol–water partition coefficient (Wildman–Crippen LogP) is 5.33. The van der Waals surface area contributed by atoms with Gasteiger partial charge in [0, 0.05) is 5.02 Å². The molecule has 2 aromatic rings. The molecule has 1 N–H and O–H groups in total. The minimum Gasteiger partial charge on any atom is -0.481 e. The standard InChI is InChI=1S/C18H17ClF3NO2/c1-3-12-6-4-5-7-16(12)25-11(2)17(24)23-15-9-8-13(19)10-14(15)18(20,21)22/h4-11H,3H2,1-2H3,(H,23,24)/t11-/m0/s1. The smallest absolute Gasteiger partial charge is 0.418 e. The van der Waals surface area contributed by atoms with E-state index in [0.29, 0.717) is 12.2 Å². The van der Waals surface area contributed by atoms with Crippen molar-refractivity contribution in [1.29, 1.82) is 0 Å². The number of hydrogen-bond acceptors (Lipinski definition) is 2. The van der Waals surface area contributed by atoms with E-state index in [9.17, 15) is 18.0 Å². The van der Waals surface area contributed by atoms with Gasteiger partial charge in [0.25, 0.3) is 5.91 Å². The lowest BCUT2D eigenvalue weighted by Gasteiger charge is -2.19. The number of hydrogen-bond donors (Lipinski definition) is 1. The fourth-order valence-electron chi connectivity index (χ4n) is 2.25. The Labute approximate surface area is 148 Å². The molecule has 0 radical (unpaired) electrons. The van der Waals surface area contributed by atoms with E-state index in [1.54, 1.807) is 12.1 Å². The van der Waals surface area contributed by atoms with Crippen molar-refractivity contribution in [2.45, 2.75) is 32.5 Å². The molecule has 0 saturated heterocycles. The van der Waals surface area contributed by atoms with Crippen LogP contribution in [0.15, 0.2) is 42.5 Å². The van der Waals surface area contributed by atoms with Crippen LogP contribution in [0.5, 0.6) is 5.75 Å². The normalized spacial score (nSPS) is 12.6. The lowest BCUT2D eigenvalue weighted by Crippen LogP contribution is -2.31. The molecule has 3 nitrogen and oxygen atoms in total. The highest BCUT2D eigenvalue weighted by molar-refractivity contribution is 6.30. The highest BCUT2D eigenvalue weighted by Gasteiger charge is 2.34. The number of carbonyl (C=O) groups is 1. The summed E-state index contributed by atoms with van der Waals surface area (Å²) in [7, 11) is 0. The first kappa shape index (κ1) is 19.1. The molecular formula is C18H17ClF3NO2. The second-order valence-corrected chi connectivity index (χ2v) is 5.83. The van der Waals surface area contributed by atoms with Gasteiger partial charge in [0.1, 0.15) is 5.75 Å². The molecule has 0 bridgehead atoms. The van der Waals surface area contributed by atoms with E-state index in [-0.39, 0.29) is 10.7 Å². The Hall–Kier alpha value is -2.21. The van der Waals surface area contributed by atoms with Gasteiger partial charge in [-0.05, 0) is 43.2 Å². The molecule has 0 aliphatic heterocycles. The average Bonchev–Trinajstić information content (AvgIpc) is 2.56. The molecular weight excluding hydrogens is 355 g/mol. The van der Waals surface area contributed by atoms with Crippen molar-refractivity contribution >= 4 is 23.2 Å². The van der Waals surface area contributed by atoms with E-state index >= 15 is 0 Å². The summed E-state index contributed by atoms with van der Waals surface area (Å²) < 4.78 is 44.9. The van der Waals surface area contributed by atoms with Gasteiger partial charge >= 0.3 is 6.18 Å². The topological polar surface area (TPSA) is 38.3 Å². The van der Waals surface area contributed by atoms with E-state index in [1.165, 1.54) is 13.0 Å². The Morgan fingerprint density at radius 1 is 1.24 bits per heavy atom. The van der Waals surface area contributed by atoms with Crippen molar-refractivity contribution in [3.63, 3.8) is 0 Å². The summed E-state index contributed by atoms with van der Waals surface area (Å²) in [5.74, 6) is -0.154. The fourth-order valence-corrected chi connectivity index (χ4v) is 2.42. The molecule has 134 valence electrons. The van der Waals surface area contributed by atoms with Crippen molar-refractivity contribution in [1.82, 2.24) is 0 Å². The van der Waals surface area contributed by atoms with Crippen molar-refractivity contribution in [3.05, 3.63) is 58.6 Å². The van der Waals surface area contributed by atoms with Gasteiger partial charge in [-0.2, -0.15) is 13.2 Å². The van der Waals surface area contributed by atoms with Gasteiger partial charge in [0.05, 0.1) is 11.3 Å². The number of alkyl halides is 3. The molecule has 0 aromatic heterocycles. The maximum atomic E-state index is 13.1. The number of aryl methyl sites for hydroxylation is 1. The lowest BCUT2D eigenvalue weighted by molar-refractivity contribution is -0.137. The summed E-state index contributed by atoms with van der Waals surface area (Å²) in [5, 5.41) is 2.20. The summed E-state index contributed by atoms with van der Waals surface area (Å²) in [6.07, 6.45) is -4.89. The number of carbonyl (C=O) groups excluding carboxylic acids is 1. The SMILES string of the molecule is CCc1ccccc1O[C@@H](C)C(=O)Nc1ccc(Cl)cc1C(F)(F)F. The van der Waals surface area contributed by atoms with Crippen LogP contribution < -0.4 is 10.1 Å². The molecule has 2 aromatic carbocycles. The van der Waals surface area contributed by atoms with Crippen LogP contribution in [-0.4, -0.2) is 12.0 Å². The number of para-hydroxylation sites is 1. The van der Waals surface area contributed by atoms with E-state index in [1.807, 2.05) is 19.1 Å². The van der Waals surface area contributed by atoms with Gasteiger partial charge in [-0.15, -0.1) is 0 Å². The van der Waals surface area contributed by atoms with Crippen LogP contribution in [0.4, 0.5) is 18.9 Å². The number of rotatable bonds is 5. The largest absolute Gasteiger partial charge is 0.481 e. The number of benzene rings is 2. The third-order valence-electron chi connectivity index (χ3n) is 3.57. The maximum Gasteiger partial charge on any atom is 0.418 e. The molecule has 0 saturated carbocycles. The average molecular weight is 372 g/mol. The summed E-state index contributed by atoms with van der Waals surface area (Å²) in [6.45, 7) is 3.42. The van der Waals surface area contributed by atoms with Crippen molar-refractivity contribution < 1.29 is 22.7 Å². The zero-order valence-corrected chi connectivity index (χ0v) is 14.4. The third-order valence-corrected chi connectivity index (χ3v) is 3.81. The zero-order chi connectivity index (χ0) is 18.6. The Morgan fingerprint density at radius 2 is 1.92 bits per heavy atom. The van der Waals surface area contributed by atoms with E-state index in [4.69, 9.17) is 16.3 Å². The van der Waals surface area contributed by atoms with Gasteiger partial charge in [0.2, 0.25) is 0 Å².